The van der Waals surface area contributed by atoms with E-state index in [9.17, 15) is 13.2 Å². The fraction of sp³-hybridized carbons (Fsp3) is 0.571. The fourth-order valence-electron chi connectivity index (χ4n) is 2.18. The molecule has 21 heavy (non-hydrogen) atoms. The lowest BCUT2D eigenvalue weighted by Crippen LogP contribution is -2.44. The Kier molecular flexibility index (Phi) is 4.22. The number of nitrogens with one attached hydrogen (secondary N) is 1. The van der Waals surface area contributed by atoms with E-state index in [1.165, 1.54) is 21.3 Å². The van der Waals surface area contributed by atoms with Gasteiger partial charge in [0.25, 0.3) is 0 Å². The van der Waals surface area contributed by atoms with E-state index in [4.69, 9.17) is 14.2 Å². The third-order valence-electron chi connectivity index (χ3n) is 3.70. The summed E-state index contributed by atoms with van der Waals surface area (Å²) in [4.78, 5) is 0. The molecule has 4 nitrogen and oxygen atoms in total. The van der Waals surface area contributed by atoms with Gasteiger partial charge in [-0.05, 0) is 18.9 Å². The van der Waals surface area contributed by atoms with Gasteiger partial charge in [0, 0.05) is 18.2 Å². The summed E-state index contributed by atoms with van der Waals surface area (Å²) in [5.41, 5.74) is -1.17. The van der Waals surface area contributed by atoms with Crippen LogP contribution in [0.5, 0.6) is 17.2 Å². The zero-order valence-electron chi connectivity index (χ0n) is 12.1. The van der Waals surface area contributed by atoms with Crippen LogP contribution < -0.4 is 19.5 Å². The fourth-order valence-corrected chi connectivity index (χ4v) is 2.18. The minimum Gasteiger partial charge on any atom is -0.496 e. The van der Waals surface area contributed by atoms with E-state index < -0.39 is 11.7 Å². The van der Waals surface area contributed by atoms with Crippen molar-refractivity contribution in [2.24, 2.45) is 0 Å². The Hall–Kier alpha value is -1.63. The molecule has 1 aliphatic rings. The van der Waals surface area contributed by atoms with Gasteiger partial charge < -0.3 is 14.2 Å². The lowest BCUT2D eigenvalue weighted by Gasteiger charge is -2.22. The molecule has 0 unspecified atom stereocenters. The Labute approximate surface area is 121 Å². The lowest BCUT2D eigenvalue weighted by molar-refractivity contribution is -0.166. The Morgan fingerprint density at radius 3 is 1.95 bits per heavy atom. The van der Waals surface area contributed by atoms with Crippen molar-refractivity contribution in [2.75, 3.05) is 21.3 Å². The first-order valence-corrected chi connectivity index (χ1v) is 6.47. The number of halogens is 3. The maximum absolute atomic E-state index is 12.9. The summed E-state index contributed by atoms with van der Waals surface area (Å²) in [6.07, 6.45) is -4.03. The van der Waals surface area contributed by atoms with Crippen molar-refractivity contribution in [3.8, 4) is 17.2 Å². The van der Waals surface area contributed by atoms with Gasteiger partial charge in [-0.15, -0.1) is 0 Å². The van der Waals surface area contributed by atoms with Crippen LogP contribution in [0.1, 0.15) is 18.4 Å². The van der Waals surface area contributed by atoms with Crippen LogP contribution in [0.3, 0.4) is 0 Å². The van der Waals surface area contributed by atoms with Gasteiger partial charge in [0.15, 0.2) is 11.5 Å². The second-order valence-corrected chi connectivity index (χ2v) is 4.95. The Balaban J connectivity index is 2.20. The smallest absolute Gasteiger partial charge is 0.406 e. The Morgan fingerprint density at radius 1 is 1.00 bits per heavy atom. The van der Waals surface area contributed by atoms with Gasteiger partial charge in [-0.1, -0.05) is 0 Å². The Morgan fingerprint density at radius 2 is 1.52 bits per heavy atom. The summed E-state index contributed by atoms with van der Waals surface area (Å²) in [6, 6.07) is 3.22. The first kappa shape index (κ1) is 15.8. The molecule has 0 atom stereocenters. The molecule has 0 radical (unpaired) electrons. The highest BCUT2D eigenvalue weighted by Crippen LogP contribution is 2.49. The van der Waals surface area contributed by atoms with Crippen LogP contribution in [-0.2, 0) is 6.54 Å². The third-order valence-corrected chi connectivity index (χ3v) is 3.70. The van der Waals surface area contributed by atoms with Gasteiger partial charge in [0.2, 0.25) is 0 Å². The number of alkyl halides is 3. The molecule has 0 aromatic heterocycles. The van der Waals surface area contributed by atoms with E-state index in [2.05, 4.69) is 5.32 Å². The molecule has 1 saturated carbocycles. The van der Waals surface area contributed by atoms with Crippen molar-refractivity contribution in [2.45, 2.75) is 31.1 Å². The van der Waals surface area contributed by atoms with Crippen LogP contribution in [-0.4, -0.2) is 33.0 Å². The van der Waals surface area contributed by atoms with Gasteiger partial charge in [0.05, 0.1) is 21.3 Å². The monoisotopic (exact) mass is 305 g/mol. The van der Waals surface area contributed by atoms with E-state index in [-0.39, 0.29) is 19.4 Å². The number of benzene rings is 1. The number of hydrogen-bond donors (Lipinski definition) is 1. The zero-order valence-corrected chi connectivity index (χ0v) is 12.1. The van der Waals surface area contributed by atoms with E-state index in [1.54, 1.807) is 12.1 Å². The van der Waals surface area contributed by atoms with Crippen molar-refractivity contribution >= 4 is 0 Å². The molecular weight excluding hydrogens is 287 g/mol. The minimum atomic E-state index is -4.24. The molecule has 0 heterocycles. The molecule has 1 aromatic carbocycles. The second-order valence-electron chi connectivity index (χ2n) is 4.95. The average molecular weight is 305 g/mol. The molecule has 118 valence electrons. The number of ether oxygens (including phenoxy) is 3. The Bertz CT molecular complexity index is 513. The molecule has 1 aliphatic carbocycles. The predicted molar refractivity (Wildman–Crippen MR) is 71.0 cm³/mol. The van der Waals surface area contributed by atoms with Gasteiger partial charge >= 0.3 is 6.18 Å². The summed E-state index contributed by atoms with van der Waals surface area (Å²) in [5.74, 6) is 1.38. The van der Waals surface area contributed by atoms with Crippen LogP contribution in [0.25, 0.3) is 0 Å². The van der Waals surface area contributed by atoms with Crippen molar-refractivity contribution in [3.63, 3.8) is 0 Å². The number of methoxy groups -OCH3 is 3. The molecule has 0 bridgehead atoms. The molecule has 0 spiro atoms. The van der Waals surface area contributed by atoms with Crippen LogP contribution in [0.2, 0.25) is 0 Å². The normalized spacial score (nSPS) is 16.5. The highest BCUT2D eigenvalue weighted by Gasteiger charge is 2.62. The van der Waals surface area contributed by atoms with E-state index in [0.717, 1.165) is 0 Å². The first-order valence-electron chi connectivity index (χ1n) is 6.47. The van der Waals surface area contributed by atoms with Crippen molar-refractivity contribution < 1.29 is 27.4 Å². The maximum atomic E-state index is 12.9. The highest BCUT2D eigenvalue weighted by molar-refractivity contribution is 5.50. The summed E-state index contributed by atoms with van der Waals surface area (Å²) < 4.78 is 54.2. The molecule has 0 saturated heterocycles. The highest BCUT2D eigenvalue weighted by atomic mass is 19.4. The predicted octanol–water partition coefficient (Wildman–Crippen LogP) is 2.90. The van der Waals surface area contributed by atoms with E-state index in [1.807, 2.05) is 0 Å². The van der Waals surface area contributed by atoms with E-state index in [0.29, 0.717) is 22.8 Å². The first-order chi connectivity index (χ1) is 9.86. The number of hydrogen-bond acceptors (Lipinski definition) is 4. The zero-order chi connectivity index (χ0) is 15.7. The second kappa shape index (κ2) is 5.63. The maximum Gasteiger partial charge on any atom is 0.406 e. The van der Waals surface area contributed by atoms with Gasteiger partial charge in [-0.2, -0.15) is 13.2 Å². The molecule has 1 N–H and O–H groups in total. The molecule has 7 heteroatoms. The third kappa shape index (κ3) is 3.02. The van der Waals surface area contributed by atoms with Crippen molar-refractivity contribution in [3.05, 3.63) is 17.7 Å². The average Bonchev–Trinajstić information content (AvgIpc) is 3.24. The molecular formula is C14H18F3NO3. The summed E-state index contributed by atoms with van der Waals surface area (Å²) >= 11 is 0. The molecule has 0 amide bonds. The number of rotatable bonds is 6. The topological polar surface area (TPSA) is 39.7 Å². The van der Waals surface area contributed by atoms with Crippen LogP contribution in [0.15, 0.2) is 12.1 Å². The van der Waals surface area contributed by atoms with Crippen LogP contribution in [0.4, 0.5) is 13.2 Å². The van der Waals surface area contributed by atoms with Crippen LogP contribution in [0, 0.1) is 0 Å². The van der Waals surface area contributed by atoms with Crippen molar-refractivity contribution in [1.82, 2.24) is 5.32 Å². The van der Waals surface area contributed by atoms with Gasteiger partial charge in [0.1, 0.15) is 11.3 Å². The van der Waals surface area contributed by atoms with E-state index >= 15 is 0 Å². The lowest BCUT2D eigenvalue weighted by atomic mass is 10.1. The standard InChI is InChI=1S/C14H18F3NO3/c1-19-10-7-12(21-3)11(20-2)6-9(10)8-18-13(4-5-13)14(15,16)17/h6-7,18H,4-5,8H2,1-3H3. The molecule has 0 aliphatic heterocycles. The quantitative estimate of drug-likeness (QED) is 0.877. The largest absolute Gasteiger partial charge is 0.496 e. The molecule has 1 fully saturated rings. The molecule has 1 aromatic rings. The van der Waals surface area contributed by atoms with Crippen LogP contribution >= 0.6 is 0 Å². The van der Waals surface area contributed by atoms with Gasteiger partial charge in [-0.25, -0.2) is 0 Å². The summed E-state index contributed by atoms with van der Waals surface area (Å²) in [6.45, 7) is 0.0447. The summed E-state index contributed by atoms with van der Waals surface area (Å²) in [5, 5.41) is 2.59. The molecule has 2 rings (SSSR count). The SMILES string of the molecule is COc1cc(OC)c(OC)cc1CNC1(C(F)(F)F)CC1. The summed E-state index contributed by atoms with van der Waals surface area (Å²) in [7, 11) is 4.42. The minimum absolute atomic E-state index is 0.0447. The van der Waals surface area contributed by atoms with Gasteiger partial charge in [-0.3, -0.25) is 5.32 Å². The van der Waals surface area contributed by atoms with Crippen molar-refractivity contribution in [1.29, 1.82) is 0 Å².